The average Bonchev–Trinajstić information content (AvgIpc) is 2.53. The van der Waals surface area contributed by atoms with Crippen LogP contribution in [0.15, 0.2) is 54.6 Å². The predicted molar refractivity (Wildman–Crippen MR) is 91.6 cm³/mol. The molecular weight excluding hydrogens is 289 g/mol. The molecule has 0 aromatic heterocycles. The number of nitrogens with zero attached hydrogens (tertiary/aromatic N) is 1. The SMILES string of the molecule is CC(C)N(Cc1ccccc1)C(=O)C(C)(C)c1ccc(F)cc1. The fourth-order valence-corrected chi connectivity index (χ4v) is 2.62. The monoisotopic (exact) mass is 313 g/mol. The number of halogens is 1. The molecule has 0 saturated carbocycles. The minimum absolute atomic E-state index is 0.0444. The van der Waals surface area contributed by atoms with Crippen molar-refractivity contribution in [3.05, 3.63) is 71.5 Å². The summed E-state index contributed by atoms with van der Waals surface area (Å²) in [6, 6.07) is 16.2. The third-order valence-corrected chi connectivity index (χ3v) is 4.18. The Balaban J connectivity index is 2.27. The van der Waals surface area contributed by atoms with Crippen molar-refractivity contribution in [3.8, 4) is 0 Å². The summed E-state index contributed by atoms with van der Waals surface area (Å²) in [4.78, 5) is 15.0. The lowest BCUT2D eigenvalue weighted by Crippen LogP contribution is -2.46. The fraction of sp³-hybridized carbons (Fsp3) is 0.350. The maximum absolute atomic E-state index is 13.2. The zero-order valence-electron chi connectivity index (χ0n) is 14.2. The minimum atomic E-state index is -0.702. The molecule has 0 spiro atoms. The second kappa shape index (κ2) is 6.95. The van der Waals surface area contributed by atoms with Crippen molar-refractivity contribution in [2.75, 3.05) is 0 Å². The highest BCUT2D eigenvalue weighted by atomic mass is 19.1. The Morgan fingerprint density at radius 1 is 1.04 bits per heavy atom. The number of carbonyl (C=O) groups is 1. The van der Waals surface area contributed by atoms with E-state index in [0.717, 1.165) is 11.1 Å². The molecular formula is C20H24FNO. The largest absolute Gasteiger partial charge is 0.335 e. The summed E-state index contributed by atoms with van der Waals surface area (Å²) in [5, 5.41) is 0. The van der Waals surface area contributed by atoms with E-state index >= 15 is 0 Å². The second-order valence-corrected chi connectivity index (χ2v) is 6.64. The molecule has 0 unspecified atom stereocenters. The molecule has 2 aromatic rings. The Bertz CT molecular complexity index is 647. The van der Waals surface area contributed by atoms with Crippen molar-refractivity contribution in [3.63, 3.8) is 0 Å². The van der Waals surface area contributed by atoms with E-state index in [0.29, 0.717) is 6.54 Å². The number of rotatable bonds is 5. The van der Waals surface area contributed by atoms with E-state index in [2.05, 4.69) is 0 Å². The van der Waals surface area contributed by atoms with E-state index < -0.39 is 5.41 Å². The molecule has 0 atom stereocenters. The summed E-state index contributed by atoms with van der Waals surface area (Å²) in [5.74, 6) is -0.245. The van der Waals surface area contributed by atoms with Gasteiger partial charge in [-0.3, -0.25) is 4.79 Å². The van der Waals surface area contributed by atoms with Gasteiger partial charge in [-0.15, -0.1) is 0 Å². The van der Waals surface area contributed by atoms with Crippen molar-refractivity contribution in [1.82, 2.24) is 4.90 Å². The van der Waals surface area contributed by atoms with Crippen molar-refractivity contribution < 1.29 is 9.18 Å². The van der Waals surface area contributed by atoms with Crippen LogP contribution >= 0.6 is 0 Å². The molecule has 2 aromatic carbocycles. The van der Waals surface area contributed by atoms with Gasteiger partial charge in [-0.2, -0.15) is 0 Å². The lowest BCUT2D eigenvalue weighted by Gasteiger charge is -2.35. The van der Waals surface area contributed by atoms with Crippen LogP contribution in [0.2, 0.25) is 0 Å². The van der Waals surface area contributed by atoms with Crippen LogP contribution in [0, 0.1) is 5.82 Å². The van der Waals surface area contributed by atoms with E-state index in [9.17, 15) is 9.18 Å². The Labute approximate surface area is 137 Å². The van der Waals surface area contributed by atoms with E-state index in [1.165, 1.54) is 12.1 Å². The van der Waals surface area contributed by atoms with Gasteiger partial charge in [0.1, 0.15) is 5.82 Å². The van der Waals surface area contributed by atoms with Crippen molar-refractivity contribution >= 4 is 5.91 Å². The van der Waals surface area contributed by atoms with Crippen molar-refractivity contribution in [2.24, 2.45) is 0 Å². The number of benzene rings is 2. The topological polar surface area (TPSA) is 20.3 Å². The van der Waals surface area contributed by atoms with Gasteiger partial charge >= 0.3 is 0 Å². The Morgan fingerprint density at radius 2 is 1.61 bits per heavy atom. The molecule has 0 N–H and O–H groups in total. The number of amides is 1. The number of hydrogen-bond acceptors (Lipinski definition) is 1. The van der Waals surface area contributed by atoms with Gasteiger partial charge in [-0.1, -0.05) is 42.5 Å². The van der Waals surface area contributed by atoms with Crippen LogP contribution in [0.4, 0.5) is 4.39 Å². The zero-order chi connectivity index (χ0) is 17.0. The van der Waals surface area contributed by atoms with E-state index in [1.807, 2.05) is 62.9 Å². The third-order valence-electron chi connectivity index (χ3n) is 4.18. The molecule has 0 aliphatic carbocycles. The van der Waals surface area contributed by atoms with Gasteiger partial charge < -0.3 is 4.90 Å². The normalized spacial score (nSPS) is 11.6. The quantitative estimate of drug-likeness (QED) is 0.793. The molecule has 122 valence electrons. The van der Waals surface area contributed by atoms with E-state index in [-0.39, 0.29) is 17.8 Å². The van der Waals surface area contributed by atoms with Crippen LogP contribution in [-0.2, 0) is 16.8 Å². The summed E-state index contributed by atoms with van der Waals surface area (Å²) in [5.41, 5.74) is 1.22. The standard InChI is InChI=1S/C20H24FNO/c1-15(2)22(14-16-8-6-5-7-9-16)19(23)20(3,4)17-10-12-18(21)13-11-17/h5-13,15H,14H2,1-4H3. The van der Waals surface area contributed by atoms with Crippen molar-refractivity contribution in [2.45, 2.75) is 45.7 Å². The van der Waals surface area contributed by atoms with Gasteiger partial charge in [-0.25, -0.2) is 4.39 Å². The summed E-state index contributed by atoms with van der Waals surface area (Å²) in [6.45, 7) is 8.39. The molecule has 0 heterocycles. The van der Waals surface area contributed by atoms with Crippen LogP contribution in [0.25, 0.3) is 0 Å². The molecule has 3 heteroatoms. The first kappa shape index (κ1) is 17.2. The van der Waals surface area contributed by atoms with Crippen LogP contribution in [0.1, 0.15) is 38.8 Å². The molecule has 0 radical (unpaired) electrons. The van der Waals surface area contributed by atoms with Gasteiger partial charge in [-0.05, 0) is 51.0 Å². The smallest absolute Gasteiger partial charge is 0.233 e. The van der Waals surface area contributed by atoms with Crippen LogP contribution in [0.3, 0.4) is 0 Å². The Hall–Kier alpha value is -2.16. The van der Waals surface area contributed by atoms with Crippen LogP contribution in [-0.4, -0.2) is 16.8 Å². The first-order valence-corrected chi connectivity index (χ1v) is 7.93. The summed E-state index contributed by atoms with van der Waals surface area (Å²) in [7, 11) is 0. The summed E-state index contributed by atoms with van der Waals surface area (Å²) >= 11 is 0. The fourth-order valence-electron chi connectivity index (χ4n) is 2.62. The minimum Gasteiger partial charge on any atom is -0.335 e. The molecule has 0 aliphatic rings. The highest BCUT2D eigenvalue weighted by Crippen LogP contribution is 2.27. The summed E-state index contributed by atoms with van der Waals surface area (Å²) in [6.07, 6.45) is 0. The van der Waals surface area contributed by atoms with E-state index in [1.54, 1.807) is 12.1 Å². The zero-order valence-corrected chi connectivity index (χ0v) is 14.2. The molecule has 2 nitrogen and oxygen atoms in total. The van der Waals surface area contributed by atoms with Crippen molar-refractivity contribution in [1.29, 1.82) is 0 Å². The first-order valence-electron chi connectivity index (χ1n) is 7.93. The molecule has 0 bridgehead atoms. The lowest BCUT2D eigenvalue weighted by molar-refractivity contribution is -0.138. The highest BCUT2D eigenvalue weighted by Gasteiger charge is 2.34. The molecule has 0 saturated heterocycles. The first-order chi connectivity index (χ1) is 10.8. The Morgan fingerprint density at radius 3 is 2.13 bits per heavy atom. The molecule has 0 fully saturated rings. The lowest BCUT2D eigenvalue weighted by atomic mass is 9.82. The van der Waals surface area contributed by atoms with Gasteiger partial charge in [0.15, 0.2) is 0 Å². The molecule has 1 amide bonds. The van der Waals surface area contributed by atoms with Crippen LogP contribution in [0.5, 0.6) is 0 Å². The van der Waals surface area contributed by atoms with E-state index in [4.69, 9.17) is 0 Å². The van der Waals surface area contributed by atoms with Gasteiger partial charge in [0.05, 0.1) is 5.41 Å². The molecule has 0 aliphatic heterocycles. The number of carbonyl (C=O) groups excluding carboxylic acids is 1. The third kappa shape index (κ3) is 3.98. The van der Waals surface area contributed by atoms with Gasteiger partial charge in [0, 0.05) is 12.6 Å². The highest BCUT2D eigenvalue weighted by molar-refractivity contribution is 5.87. The molecule has 2 rings (SSSR count). The van der Waals surface area contributed by atoms with Gasteiger partial charge in [0.2, 0.25) is 5.91 Å². The van der Waals surface area contributed by atoms with Crippen LogP contribution < -0.4 is 0 Å². The maximum atomic E-state index is 13.2. The maximum Gasteiger partial charge on any atom is 0.233 e. The summed E-state index contributed by atoms with van der Waals surface area (Å²) < 4.78 is 13.2. The Kier molecular flexibility index (Phi) is 5.19. The number of hydrogen-bond donors (Lipinski definition) is 0. The predicted octanol–water partition coefficient (Wildman–Crippen LogP) is 4.54. The second-order valence-electron chi connectivity index (χ2n) is 6.64. The average molecular weight is 313 g/mol. The molecule has 23 heavy (non-hydrogen) atoms. The van der Waals surface area contributed by atoms with Gasteiger partial charge in [0.25, 0.3) is 0 Å².